The molecule has 0 spiro atoms. The molecule has 0 bridgehead atoms. The van der Waals surface area contributed by atoms with E-state index in [2.05, 4.69) is 17.1 Å². The van der Waals surface area contributed by atoms with E-state index in [0.717, 1.165) is 32.1 Å². The molecule has 1 N–H and O–H groups in total. The first-order valence-electron chi connectivity index (χ1n) is 7.67. The molecular weight excluding hydrogens is 224 g/mol. The smallest absolute Gasteiger partial charge is 0.222 e. The molecule has 0 unspecified atom stereocenters. The molecule has 0 heterocycles. The summed E-state index contributed by atoms with van der Waals surface area (Å²) in [6.07, 6.45) is 8.01. The summed E-state index contributed by atoms with van der Waals surface area (Å²) in [5, 5.41) is 3.00. The van der Waals surface area contributed by atoms with Crippen LogP contribution in [0.1, 0.15) is 59.3 Å². The van der Waals surface area contributed by atoms with Crippen LogP contribution in [0.3, 0.4) is 0 Å². The number of carbonyl (C=O) groups is 1. The lowest BCUT2D eigenvalue weighted by Crippen LogP contribution is -2.39. The topological polar surface area (TPSA) is 32.3 Å². The fourth-order valence-electron chi connectivity index (χ4n) is 2.74. The molecular formula is C15H30N2O. The van der Waals surface area contributed by atoms with Crippen molar-refractivity contribution in [2.24, 2.45) is 5.92 Å². The zero-order valence-electron chi connectivity index (χ0n) is 12.4. The minimum Gasteiger partial charge on any atom is -0.356 e. The molecule has 1 fully saturated rings. The minimum absolute atomic E-state index is 0.102. The molecule has 18 heavy (non-hydrogen) atoms. The van der Waals surface area contributed by atoms with E-state index in [1.807, 2.05) is 13.8 Å². The Bertz CT molecular complexity index is 235. The zero-order valence-corrected chi connectivity index (χ0v) is 12.4. The summed E-state index contributed by atoms with van der Waals surface area (Å²) >= 11 is 0. The third-order valence-electron chi connectivity index (χ3n) is 3.94. The number of nitrogens with one attached hydrogen (secondary N) is 1. The van der Waals surface area contributed by atoms with Crippen LogP contribution in [0.5, 0.6) is 0 Å². The maximum atomic E-state index is 11.4. The van der Waals surface area contributed by atoms with Gasteiger partial charge in [-0.2, -0.15) is 0 Å². The second-order valence-corrected chi connectivity index (χ2v) is 5.72. The summed E-state index contributed by atoms with van der Waals surface area (Å²) in [6.45, 7) is 9.22. The van der Waals surface area contributed by atoms with Gasteiger partial charge in [0.25, 0.3) is 0 Å². The van der Waals surface area contributed by atoms with Crippen LogP contribution < -0.4 is 5.32 Å². The van der Waals surface area contributed by atoms with Crippen LogP contribution in [0.25, 0.3) is 0 Å². The predicted molar refractivity (Wildman–Crippen MR) is 76.6 cm³/mol. The fourth-order valence-corrected chi connectivity index (χ4v) is 2.74. The van der Waals surface area contributed by atoms with Gasteiger partial charge < -0.3 is 10.2 Å². The molecule has 3 heteroatoms. The van der Waals surface area contributed by atoms with Gasteiger partial charge in [-0.3, -0.25) is 4.79 Å². The average molecular weight is 254 g/mol. The third-order valence-corrected chi connectivity index (χ3v) is 3.94. The number of amides is 1. The standard InChI is InChI=1S/C15H30N2O/c1-4-17(14-9-6-5-7-10-14)12-8-11-16-15(18)13(2)3/h13-14H,4-12H2,1-3H3,(H,16,18). The highest BCUT2D eigenvalue weighted by Gasteiger charge is 2.19. The van der Waals surface area contributed by atoms with Gasteiger partial charge in [0.05, 0.1) is 0 Å². The Hall–Kier alpha value is -0.570. The first-order chi connectivity index (χ1) is 8.65. The summed E-state index contributed by atoms with van der Waals surface area (Å²) in [5.41, 5.74) is 0. The molecule has 0 radical (unpaired) electrons. The highest BCUT2D eigenvalue weighted by molar-refractivity contribution is 5.77. The van der Waals surface area contributed by atoms with Crippen LogP contribution in [0, 0.1) is 5.92 Å². The second-order valence-electron chi connectivity index (χ2n) is 5.72. The monoisotopic (exact) mass is 254 g/mol. The number of hydrogen-bond donors (Lipinski definition) is 1. The first kappa shape index (κ1) is 15.5. The molecule has 3 nitrogen and oxygen atoms in total. The van der Waals surface area contributed by atoms with Gasteiger partial charge in [-0.05, 0) is 25.8 Å². The molecule has 1 rings (SSSR count). The second kappa shape index (κ2) is 8.52. The Labute approximate surface area is 112 Å². The number of nitrogens with zero attached hydrogens (tertiary/aromatic N) is 1. The zero-order chi connectivity index (χ0) is 13.4. The van der Waals surface area contributed by atoms with E-state index in [4.69, 9.17) is 0 Å². The Kier molecular flexibility index (Phi) is 7.33. The SMILES string of the molecule is CCN(CCCNC(=O)C(C)C)C1CCCCC1. The normalized spacial score (nSPS) is 17.4. The fraction of sp³-hybridized carbons (Fsp3) is 0.933. The number of hydrogen-bond acceptors (Lipinski definition) is 2. The van der Waals surface area contributed by atoms with Crippen molar-refractivity contribution in [1.29, 1.82) is 0 Å². The molecule has 1 aliphatic rings. The summed E-state index contributed by atoms with van der Waals surface area (Å²) in [5.74, 6) is 0.279. The van der Waals surface area contributed by atoms with Gasteiger partial charge >= 0.3 is 0 Å². The van der Waals surface area contributed by atoms with Crippen molar-refractivity contribution in [2.45, 2.75) is 65.3 Å². The van der Waals surface area contributed by atoms with Gasteiger partial charge in [0.15, 0.2) is 0 Å². The Morgan fingerprint density at radius 2 is 1.94 bits per heavy atom. The highest BCUT2D eigenvalue weighted by Crippen LogP contribution is 2.22. The summed E-state index contributed by atoms with van der Waals surface area (Å²) in [7, 11) is 0. The van der Waals surface area contributed by atoms with Crippen molar-refractivity contribution in [3.05, 3.63) is 0 Å². The van der Waals surface area contributed by atoms with E-state index in [1.54, 1.807) is 0 Å². The first-order valence-corrected chi connectivity index (χ1v) is 7.67. The molecule has 1 amide bonds. The molecule has 0 aliphatic heterocycles. The molecule has 0 aromatic heterocycles. The molecule has 1 aliphatic carbocycles. The van der Waals surface area contributed by atoms with Gasteiger partial charge in [0, 0.05) is 25.0 Å². The molecule has 0 saturated heterocycles. The van der Waals surface area contributed by atoms with Crippen LogP contribution in [0.15, 0.2) is 0 Å². The average Bonchev–Trinajstić information content (AvgIpc) is 2.39. The summed E-state index contributed by atoms with van der Waals surface area (Å²) < 4.78 is 0. The minimum atomic E-state index is 0.102. The van der Waals surface area contributed by atoms with Crippen molar-refractivity contribution in [3.8, 4) is 0 Å². The lowest BCUT2D eigenvalue weighted by atomic mass is 9.94. The van der Waals surface area contributed by atoms with Crippen LogP contribution in [0.2, 0.25) is 0 Å². The lowest BCUT2D eigenvalue weighted by Gasteiger charge is -2.33. The van der Waals surface area contributed by atoms with E-state index in [9.17, 15) is 4.79 Å². The van der Waals surface area contributed by atoms with E-state index in [-0.39, 0.29) is 11.8 Å². The maximum Gasteiger partial charge on any atom is 0.222 e. The van der Waals surface area contributed by atoms with E-state index in [0.29, 0.717) is 0 Å². The van der Waals surface area contributed by atoms with Gasteiger partial charge in [0.2, 0.25) is 5.91 Å². The Morgan fingerprint density at radius 3 is 2.50 bits per heavy atom. The van der Waals surface area contributed by atoms with Gasteiger partial charge in [-0.15, -0.1) is 0 Å². The van der Waals surface area contributed by atoms with E-state index >= 15 is 0 Å². The van der Waals surface area contributed by atoms with Crippen molar-refractivity contribution in [3.63, 3.8) is 0 Å². The van der Waals surface area contributed by atoms with Crippen LogP contribution in [-0.4, -0.2) is 36.5 Å². The van der Waals surface area contributed by atoms with E-state index in [1.165, 1.54) is 32.1 Å². The molecule has 1 saturated carbocycles. The third kappa shape index (κ3) is 5.38. The lowest BCUT2D eigenvalue weighted by molar-refractivity contribution is -0.123. The van der Waals surface area contributed by atoms with Crippen LogP contribution in [0.4, 0.5) is 0 Å². The van der Waals surface area contributed by atoms with Crippen LogP contribution in [-0.2, 0) is 4.79 Å². The molecule has 0 aromatic rings. The largest absolute Gasteiger partial charge is 0.356 e. The quantitative estimate of drug-likeness (QED) is 0.709. The predicted octanol–water partition coefficient (Wildman–Crippen LogP) is 2.80. The highest BCUT2D eigenvalue weighted by atomic mass is 16.1. The maximum absolute atomic E-state index is 11.4. The molecule has 0 aromatic carbocycles. The van der Waals surface area contributed by atoms with Crippen molar-refractivity contribution in [1.82, 2.24) is 10.2 Å². The van der Waals surface area contributed by atoms with Crippen LogP contribution >= 0.6 is 0 Å². The Balaban J connectivity index is 2.17. The van der Waals surface area contributed by atoms with Gasteiger partial charge in [-0.1, -0.05) is 40.0 Å². The Morgan fingerprint density at radius 1 is 1.28 bits per heavy atom. The summed E-state index contributed by atoms with van der Waals surface area (Å²) in [6, 6.07) is 0.796. The van der Waals surface area contributed by atoms with Gasteiger partial charge in [-0.25, -0.2) is 0 Å². The summed E-state index contributed by atoms with van der Waals surface area (Å²) in [4.78, 5) is 14.0. The van der Waals surface area contributed by atoms with Crippen molar-refractivity contribution < 1.29 is 4.79 Å². The number of rotatable bonds is 7. The molecule has 106 valence electrons. The molecule has 0 atom stereocenters. The number of carbonyl (C=O) groups excluding carboxylic acids is 1. The van der Waals surface area contributed by atoms with E-state index < -0.39 is 0 Å². The van der Waals surface area contributed by atoms with Crippen molar-refractivity contribution >= 4 is 5.91 Å². The van der Waals surface area contributed by atoms with Gasteiger partial charge in [0.1, 0.15) is 0 Å². The van der Waals surface area contributed by atoms with Crippen molar-refractivity contribution in [2.75, 3.05) is 19.6 Å².